The molecular weight excluding hydrogens is 238 g/mol. The lowest BCUT2D eigenvalue weighted by Gasteiger charge is -2.23. The maximum absolute atomic E-state index is 4.19. The molecule has 2 aromatic carbocycles. The van der Waals surface area contributed by atoms with Gasteiger partial charge in [-0.05, 0) is 18.4 Å². The first-order valence-corrected chi connectivity index (χ1v) is 6.98. The maximum atomic E-state index is 4.19. The minimum absolute atomic E-state index is 0.799. The van der Waals surface area contributed by atoms with Crippen molar-refractivity contribution in [1.82, 2.24) is 0 Å². The van der Waals surface area contributed by atoms with Crippen LogP contribution in [0.5, 0.6) is 0 Å². The van der Waals surface area contributed by atoms with Gasteiger partial charge in [-0.3, -0.25) is 0 Å². The molecule has 2 rings (SSSR count). The van der Waals surface area contributed by atoms with E-state index in [0.29, 0.717) is 0 Å². The minimum atomic E-state index is 0.799. The number of thiol groups is 1. The van der Waals surface area contributed by atoms with Gasteiger partial charge in [0.25, 0.3) is 0 Å². The Morgan fingerprint density at radius 2 is 1.83 bits per heavy atom. The third kappa shape index (κ3) is 2.88. The first-order valence-electron chi connectivity index (χ1n) is 6.35. The molecule has 0 N–H and O–H groups in total. The Bertz CT molecular complexity index is 528. The fourth-order valence-corrected chi connectivity index (χ4v) is 2.31. The lowest BCUT2D eigenvalue weighted by molar-refractivity contribution is 0.910. The van der Waals surface area contributed by atoms with Gasteiger partial charge in [0, 0.05) is 29.9 Å². The highest BCUT2D eigenvalue weighted by Crippen LogP contribution is 2.26. The predicted molar refractivity (Wildman–Crippen MR) is 84.8 cm³/mol. The third-order valence-electron chi connectivity index (χ3n) is 3.09. The van der Waals surface area contributed by atoms with Crippen LogP contribution < -0.4 is 4.90 Å². The first kappa shape index (κ1) is 13.0. The van der Waals surface area contributed by atoms with E-state index >= 15 is 0 Å². The zero-order valence-electron chi connectivity index (χ0n) is 10.7. The van der Waals surface area contributed by atoms with Crippen molar-refractivity contribution in [3.63, 3.8) is 0 Å². The topological polar surface area (TPSA) is 3.24 Å². The smallest absolute Gasteiger partial charge is 0.0448 e. The average Bonchev–Trinajstić information content (AvgIpc) is 2.43. The van der Waals surface area contributed by atoms with Crippen LogP contribution in [0.3, 0.4) is 0 Å². The number of fused-ring (bicyclic) bond motifs is 1. The van der Waals surface area contributed by atoms with Crippen molar-refractivity contribution in [3.8, 4) is 0 Å². The predicted octanol–water partition coefficient (Wildman–Crippen LogP) is 4.15. The summed E-state index contributed by atoms with van der Waals surface area (Å²) in [6, 6.07) is 15.0. The summed E-state index contributed by atoms with van der Waals surface area (Å²) in [4.78, 5) is 2.38. The molecule has 0 aromatic heterocycles. The van der Waals surface area contributed by atoms with E-state index in [9.17, 15) is 0 Å². The summed E-state index contributed by atoms with van der Waals surface area (Å²) in [6.07, 6.45) is 4.27. The first-order chi connectivity index (χ1) is 8.86. The van der Waals surface area contributed by atoms with Crippen molar-refractivity contribution in [1.29, 1.82) is 0 Å². The molecule has 0 aliphatic rings. The van der Waals surface area contributed by atoms with E-state index in [1.54, 1.807) is 0 Å². The maximum Gasteiger partial charge on any atom is 0.0448 e. The van der Waals surface area contributed by atoms with Crippen LogP contribution in [0.4, 0.5) is 5.69 Å². The Kier molecular flexibility index (Phi) is 4.71. The van der Waals surface area contributed by atoms with E-state index < -0.39 is 0 Å². The monoisotopic (exact) mass is 257 g/mol. The van der Waals surface area contributed by atoms with Crippen LogP contribution in [0.25, 0.3) is 10.8 Å². The van der Waals surface area contributed by atoms with Crippen molar-refractivity contribution in [3.05, 3.63) is 54.6 Å². The molecule has 0 radical (unpaired) electrons. The molecule has 2 heteroatoms. The Hall–Kier alpha value is -1.41. The van der Waals surface area contributed by atoms with Gasteiger partial charge in [-0.2, -0.15) is 12.6 Å². The summed E-state index contributed by atoms with van der Waals surface area (Å²) in [5, 5.41) is 2.62. The number of anilines is 1. The van der Waals surface area contributed by atoms with Gasteiger partial charge >= 0.3 is 0 Å². The van der Waals surface area contributed by atoms with E-state index in [1.807, 2.05) is 0 Å². The number of likely N-dealkylation sites (N-methyl/N-ethyl adjacent to an activating group) is 1. The Labute approximate surface area is 115 Å². The van der Waals surface area contributed by atoms with E-state index in [4.69, 9.17) is 0 Å². The molecule has 0 fully saturated rings. The van der Waals surface area contributed by atoms with Gasteiger partial charge in [0.1, 0.15) is 0 Å². The molecule has 0 atom stereocenters. The number of rotatable bonds is 5. The fourth-order valence-electron chi connectivity index (χ4n) is 2.16. The molecule has 0 saturated heterocycles. The van der Waals surface area contributed by atoms with Crippen LogP contribution in [0.1, 0.15) is 6.92 Å². The fraction of sp³-hybridized carbons (Fsp3) is 0.250. The van der Waals surface area contributed by atoms with E-state index in [1.165, 1.54) is 16.5 Å². The molecule has 0 heterocycles. The summed E-state index contributed by atoms with van der Waals surface area (Å²) in [5.74, 6) is 0.799. The van der Waals surface area contributed by atoms with Crippen LogP contribution in [0.2, 0.25) is 0 Å². The summed E-state index contributed by atoms with van der Waals surface area (Å²) in [6.45, 7) is 4.13. The number of nitrogens with zero attached hydrogens (tertiary/aromatic N) is 1. The van der Waals surface area contributed by atoms with Crippen LogP contribution in [-0.4, -0.2) is 18.8 Å². The minimum Gasteiger partial charge on any atom is -0.368 e. The molecule has 0 unspecified atom stereocenters. The van der Waals surface area contributed by atoms with Crippen LogP contribution >= 0.6 is 12.6 Å². The van der Waals surface area contributed by atoms with E-state index in [-0.39, 0.29) is 0 Å². The molecule has 94 valence electrons. The Morgan fingerprint density at radius 1 is 1.06 bits per heavy atom. The van der Waals surface area contributed by atoms with Gasteiger partial charge < -0.3 is 4.90 Å². The second-order valence-electron chi connectivity index (χ2n) is 4.19. The van der Waals surface area contributed by atoms with E-state index in [0.717, 1.165) is 18.8 Å². The van der Waals surface area contributed by atoms with Gasteiger partial charge in [-0.15, -0.1) is 0 Å². The molecule has 0 saturated carbocycles. The number of benzene rings is 2. The molecule has 18 heavy (non-hydrogen) atoms. The molecule has 1 nitrogen and oxygen atoms in total. The molecule has 0 bridgehead atoms. The van der Waals surface area contributed by atoms with Crippen molar-refractivity contribution in [2.75, 3.05) is 23.7 Å². The number of hydrogen-bond donors (Lipinski definition) is 1. The molecular formula is C16H19NS. The van der Waals surface area contributed by atoms with Gasteiger partial charge in [0.15, 0.2) is 0 Å². The lowest BCUT2D eigenvalue weighted by atomic mass is 10.1. The van der Waals surface area contributed by atoms with Crippen molar-refractivity contribution in [2.24, 2.45) is 0 Å². The zero-order valence-corrected chi connectivity index (χ0v) is 11.6. The second kappa shape index (κ2) is 6.50. The summed E-state index contributed by atoms with van der Waals surface area (Å²) >= 11 is 4.19. The van der Waals surface area contributed by atoms with Crippen LogP contribution in [0, 0.1) is 0 Å². The number of hydrogen-bond acceptors (Lipinski definition) is 2. The molecule has 0 spiro atoms. The lowest BCUT2D eigenvalue weighted by Crippen LogP contribution is -2.22. The third-order valence-corrected chi connectivity index (χ3v) is 3.30. The average molecular weight is 257 g/mol. The standard InChI is InChI=1S/C16H19NS/c1-2-17(12-5-6-13-18)16-11-7-9-14-8-3-4-10-15(14)16/h3-11,18H,2,12-13H2,1H3. The second-order valence-corrected chi connectivity index (χ2v) is 4.56. The quantitative estimate of drug-likeness (QED) is 0.622. The van der Waals surface area contributed by atoms with E-state index in [2.05, 4.69) is 79.1 Å². The highest BCUT2D eigenvalue weighted by atomic mass is 32.1. The normalized spacial score (nSPS) is 11.2. The van der Waals surface area contributed by atoms with Crippen molar-refractivity contribution < 1.29 is 0 Å². The molecule has 0 aliphatic heterocycles. The van der Waals surface area contributed by atoms with Gasteiger partial charge in [0.05, 0.1) is 0 Å². The summed E-state index contributed by atoms with van der Waals surface area (Å²) < 4.78 is 0. The largest absolute Gasteiger partial charge is 0.368 e. The SMILES string of the molecule is CCN(CC=CCS)c1cccc2ccccc12. The van der Waals surface area contributed by atoms with Gasteiger partial charge in [0.2, 0.25) is 0 Å². The Balaban J connectivity index is 2.35. The molecule has 0 amide bonds. The summed E-state index contributed by atoms with van der Waals surface area (Å²) in [7, 11) is 0. The van der Waals surface area contributed by atoms with Crippen molar-refractivity contribution in [2.45, 2.75) is 6.92 Å². The molecule has 0 aliphatic carbocycles. The Morgan fingerprint density at radius 3 is 2.61 bits per heavy atom. The highest BCUT2D eigenvalue weighted by Gasteiger charge is 2.06. The van der Waals surface area contributed by atoms with Gasteiger partial charge in [-0.1, -0.05) is 48.6 Å². The van der Waals surface area contributed by atoms with Crippen LogP contribution in [0.15, 0.2) is 54.6 Å². The van der Waals surface area contributed by atoms with Crippen LogP contribution in [-0.2, 0) is 0 Å². The highest BCUT2D eigenvalue weighted by molar-refractivity contribution is 7.80. The molecule has 2 aromatic rings. The van der Waals surface area contributed by atoms with Gasteiger partial charge in [-0.25, -0.2) is 0 Å². The summed E-state index contributed by atoms with van der Waals surface area (Å²) in [5.41, 5.74) is 1.31. The zero-order chi connectivity index (χ0) is 12.8. The van der Waals surface area contributed by atoms with Crippen molar-refractivity contribution >= 4 is 29.1 Å².